The first-order valence-electron chi connectivity index (χ1n) is 5.44. The SMILES string of the molecule is CC(C)C(=O)COCC(CCO)CCO. The molecular weight excluding hydrogens is 196 g/mol. The van der Waals surface area contributed by atoms with Gasteiger partial charge in [0.05, 0.1) is 6.61 Å². The molecule has 0 aliphatic carbocycles. The summed E-state index contributed by atoms with van der Waals surface area (Å²) < 4.78 is 5.25. The van der Waals surface area contributed by atoms with Crippen LogP contribution in [-0.2, 0) is 9.53 Å². The van der Waals surface area contributed by atoms with Gasteiger partial charge in [0.2, 0.25) is 0 Å². The van der Waals surface area contributed by atoms with Crippen LogP contribution in [0.4, 0.5) is 0 Å². The molecule has 0 atom stereocenters. The molecule has 15 heavy (non-hydrogen) atoms. The van der Waals surface area contributed by atoms with Gasteiger partial charge in [0.15, 0.2) is 5.78 Å². The monoisotopic (exact) mass is 218 g/mol. The third-order valence-electron chi connectivity index (χ3n) is 2.32. The van der Waals surface area contributed by atoms with E-state index in [0.717, 1.165) is 0 Å². The van der Waals surface area contributed by atoms with Crippen LogP contribution in [-0.4, -0.2) is 42.4 Å². The zero-order chi connectivity index (χ0) is 11.7. The highest BCUT2D eigenvalue weighted by molar-refractivity contribution is 5.81. The van der Waals surface area contributed by atoms with Gasteiger partial charge in [-0.05, 0) is 18.8 Å². The molecule has 0 aromatic heterocycles. The van der Waals surface area contributed by atoms with Gasteiger partial charge in [0.25, 0.3) is 0 Å². The van der Waals surface area contributed by atoms with Crippen molar-refractivity contribution in [3.05, 3.63) is 0 Å². The molecule has 0 fully saturated rings. The summed E-state index contributed by atoms with van der Waals surface area (Å²) in [6, 6.07) is 0. The molecule has 0 aliphatic heterocycles. The number of hydrogen-bond donors (Lipinski definition) is 2. The molecule has 0 heterocycles. The third kappa shape index (κ3) is 7.48. The molecular formula is C11H22O4. The van der Waals surface area contributed by atoms with Crippen LogP contribution >= 0.6 is 0 Å². The Balaban J connectivity index is 3.65. The molecule has 4 heteroatoms. The number of aliphatic hydroxyl groups is 2. The molecule has 4 nitrogen and oxygen atoms in total. The van der Waals surface area contributed by atoms with Gasteiger partial charge in [-0.1, -0.05) is 13.8 Å². The van der Waals surface area contributed by atoms with Gasteiger partial charge in [0.1, 0.15) is 6.61 Å². The van der Waals surface area contributed by atoms with Gasteiger partial charge in [-0.15, -0.1) is 0 Å². The Morgan fingerprint density at radius 3 is 2.13 bits per heavy atom. The Kier molecular flexibility index (Phi) is 8.56. The minimum atomic E-state index is -0.000802. The number of Topliss-reactive ketones (excluding diaryl/α,β-unsaturated/α-hetero) is 1. The number of carbonyl (C=O) groups excluding carboxylic acids is 1. The molecule has 0 amide bonds. The lowest BCUT2D eigenvalue weighted by atomic mass is 10.0. The molecule has 0 bridgehead atoms. The molecule has 0 aromatic rings. The lowest BCUT2D eigenvalue weighted by Crippen LogP contribution is -2.19. The van der Waals surface area contributed by atoms with Crippen LogP contribution < -0.4 is 0 Å². The van der Waals surface area contributed by atoms with Gasteiger partial charge in [0, 0.05) is 19.1 Å². The van der Waals surface area contributed by atoms with E-state index in [1.165, 1.54) is 0 Å². The number of rotatable bonds is 9. The average molecular weight is 218 g/mol. The molecule has 0 saturated carbocycles. The van der Waals surface area contributed by atoms with E-state index in [2.05, 4.69) is 0 Å². The summed E-state index contributed by atoms with van der Waals surface area (Å²) in [7, 11) is 0. The van der Waals surface area contributed by atoms with Crippen LogP contribution in [0, 0.1) is 11.8 Å². The maximum absolute atomic E-state index is 11.2. The molecule has 0 rings (SSSR count). The molecule has 0 aliphatic rings. The zero-order valence-corrected chi connectivity index (χ0v) is 9.61. The fourth-order valence-corrected chi connectivity index (χ4v) is 1.17. The van der Waals surface area contributed by atoms with Crippen molar-refractivity contribution in [3.8, 4) is 0 Å². The number of carbonyl (C=O) groups is 1. The van der Waals surface area contributed by atoms with Crippen LogP contribution in [0.25, 0.3) is 0 Å². The van der Waals surface area contributed by atoms with E-state index < -0.39 is 0 Å². The Hall–Kier alpha value is -0.450. The maximum atomic E-state index is 11.2. The zero-order valence-electron chi connectivity index (χ0n) is 9.61. The largest absolute Gasteiger partial charge is 0.396 e. The standard InChI is InChI=1S/C11H22O4/c1-9(2)11(14)8-15-7-10(3-5-12)4-6-13/h9-10,12-13H,3-8H2,1-2H3. The van der Waals surface area contributed by atoms with Crippen LogP contribution in [0.5, 0.6) is 0 Å². The molecule has 0 aromatic carbocycles. The van der Waals surface area contributed by atoms with Gasteiger partial charge in [-0.3, -0.25) is 4.79 Å². The molecule has 0 radical (unpaired) electrons. The van der Waals surface area contributed by atoms with Crippen molar-refractivity contribution in [1.29, 1.82) is 0 Å². The molecule has 0 unspecified atom stereocenters. The Morgan fingerprint density at radius 2 is 1.73 bits per heavy atom. The smallest absolute Gasteiger partial charge is 0.160 e. The van der Waals surface area contributed by atoms with Gasteiger partial charge < -0.3 is 14.9 Å². The van der Waals surface area contributed by atoms with E-state index in [1.807, 2.05) is 13.8 Å². The Morgan fingerprint density at radius 1 is 1.20 bits per heavy atom. The summed E-state index contributed by atoms with van der Waals surface area (Å²) in [5.41, 5.74) is 0. The molecule has 2 N–H and O–H groups in total. The Bertz CT molecular complexity index is 162. The number of ketones is 1. The van der Waals surface area contributed by atoms with Crippen molar-refractivity contribution < 1.29 is 19.7 Å². The van der Waals surface area contributed by atoms with Crippen molar-refractivity contribution in [2.75, 3.05) is 26.4 Å². The first-order chi connectivity index (χ1) is 7.11. The van der Waals surface area contributed by atoms with E-state index in [4.69, 9.17) is 14.9 Å². The van der Waals surface area contributed by atoms with Gasteiger partial charge in [-0.25, -0.2) is 0 Å². The summed E-state index contributed by atoms with van der Waals surface area (Å²) in [6.45, 7) is 4.41. The molecule has 0 spiro atoms. The number of aliphatic hydroxyl groups excluding tert-OH is 2. The number of ether oxygens (including phenoxy) is 1. The van der Waals surface area contributed by atoms with E-state index in [-0.39, 0.29) is 37.4 Å². The summed E-state index contributed by atoms with van der Waals surface area (Å²) in [5.74, 6) is 0.223. The summed E-state index contributed by atoms with van der Waals surface area (Å²) in [5, 5.41) is 17.5. The van der Waals surface area contributed by atoms with E-state index in [1.54, 1.807) is 0 Å². The van der Waals surface area contributed by atoms with Crippen LogP contribution in [0.15, 0.2) is 0 Å². The normalized spacial score (nSPS) is 11.3. The second-order valence-electron chi connectivity index (χ2n) is 4.03. The van der Waals surface area contributed by atoms with Crippen molar-refractivity contribution >= 4 is 5.78 Å². The minimum absolute atomic E-state index is 0.000802. The minimum Gasteiger partial charge on any atom is -0.396 e. The highest BCUT2D eigenvalue weighted by Gasteiger charge is 2.11. The summed E-state index contributed by atoms with van der Waals surface area (Å²) in [6.07, 6.45) is 1.22. The second-order valence-corrected chi connectivity index (χ2v) is 4.03. The fraction of sp³-hybridized carbons (Fsp3) is 0.909. The van der Waals surface area contributed by atoms with E-state index in [0.29, 0.717) is 19.4 Å². The predicted molar refractivity (Wildman–Crippen MR) is 57.6 cm³/mol. The van der Waals surface area contributed by atoms with E-state index >= 15 is 0 Å². The third-order valence-corrected chi connectivity index (χ3v) is 2.32. The first kappa shape index (κ1) is 14.6. The summed E-state index contributed by atoms with van der Waals surface area (Å²) in [4.78, 5) is 11.2. The van der Waals surface area contributed by atoms with Gasteiger partial charge in [-0.2, -0.15) is 0 Å². The van der Waals surface area contributed by atoms with Crippen molar-refractivity contribution in [2.24, 2.45) is 11.8 Å². The van der Waals surface area contributed by atoms with E-state index in [9.17, 15) is 4.79 Å². The first-order valence-corrected chi connectivity index (χ1v) is 5.44. The highest BCUT2D eigenvalue weighted by Crippen LogP contribution is 2.08. The van der Waals surface area contributed by atoms with Crippen molar-refractivity contribution in [2.45, 2.75) is 26.7 Å². The topological polar surface area (TPSA) is 66.8 Å². The quantitative estimate of drug-likeness (QED) is 0.595. The molecule has 90 valence electrons. The predicted octanol–water partition coefficient (Wildman–Crippen LogP) is 0.609. The highest BCUT2D eigenvalue weighted by atomic mass is 16.5. The maximum Gasteiger partial charge on any atom is 0.160 e. The van der Waals surface area contributed by atoms with Crippen LogP contribution in [0.3, 0.4) is 0 Å². The summed E-state index contributed by atoms with van der Waals surface area (Å²) >= 11 is 0. The fourth-order valence-electron chi connectivity index (χ4n) is 1.17. The van der Waals surface area contributed by atoms with Gasteiger partial charge >= 0.3 is 0 Å². The Labute approximate surface area is 91.3 Å². The second kappa shape index (κ2) is 8.83. The number of hydrogen-bond acceptors (Lipinski definition) is 4. The average Bonchev–Trinajstić information content (AvgIpc) is 2.18. The van der Waals surface area contributed by atoms with Crippen LogP contribution in [0.1, 0.15) is 26.7 Å². The lowest BCUT2D eigenvalue weighted by molar-refractivity contribution is -0.127. The lowest BCUT2D eigenvalue weighted by Gasteiger charge is -2.14. The molecule has 0 saturated heterocycles. The van der Waals surface area contributed by atoms with Crippen LogP contribution in [0.2, 0.25) is 0 Å². The van der Waals surface area contributed by atoms with Crippen molar-refractivity contribution in [1.82, 2.24) is 0 Å². The van der Waals surface area contributed by atoms with Crippen molar-refractivity contribution in [3.63, 3.8) is 0 Å².